The normalized spacial score (nSPS) is 18.9. The van der Waals surface area contributed by atoms with Crippen LogP contribution in [0.1, 0.15) is 30.0 Å². The molecule has 10 heteroatoms. The smallest absolute Gasteiger partial charge is 0.368 e. The van der Waals surface area contributed by atoms with Crippen molar-refractivity contribution in [3.63, 3.8) is 0 Å². The highest BCUT2D eigenvalue weighted by Crippen LogP contribution is 2.37. The highest BCUT2D eigenvalue weighted by Gasteiger charge is 2.38. The topological polar surface area (TPSA) is 89.2 Å². The second-order valence-corrected chi connectivity index (χ2v) is 6.94. The van der Waals surface area contributed by atoms with Crippen molar-refractivity contribution >= 4 is 16.0 Å². The van der Waals surface area contributed by atoms with E-state index in [0.29, 0.717) is 6.20 Å². The van der Waals surface area contributed by atoms with E-state index >= 15 is 0 Å². The fourth-order valence-corrected chi connectivity index (χ4v) is 3.27. The summed E-state index contributed by atoms with van der Waals surface area (Å²) < 4.78 is 63.0. The number of piperidine rings is 1. The Kier molecular flexibility index (Phi) is 4.11. The summed E-state index contributed by atoms with van der Waals surface area (Å²) in [6.45, 7) is 0.343. The summed E-state index contributed by atoms with van der Waals surface area (Å²) in [6, 6.07) is 0. The Morgan fingerprint density at radius 1 is 1.33 bits per heavy atom. The van der Waals surface area contributed by atoms with Gasteiger partial charge in [-0.15, -0.1) is 0 Å². The van der Waals surface area contributed by atoms with Crippen LogP contribution in [0.3, 0.4) is 0 Å². The Bertz CT molecular complexity index is 625. The summed E-state index contributed by atoms with van der Waals surface area (Å²) in [5.41, 5.74) is 4.32. The predicted molar refractivity (Wildman–Crippen MR) is 69.8 cm³/mol. The fourth-order valence-electron chi connectivity index (χ4n) is 2.40. The monoisotopic (exact) mass is 324 g/mol. The third kappa shape index (κ3) is 3.62. The van der Waals surface area contributed by atoms with Crippen molar-refractivity contribution in [2.24, 2.45) is 0 Å². The molecule has 0 bridgehead atoms. The summed E-state index contributed by atoms with van der Waals surface area (Å²) in [7, 11) is -3.32. The first-order valence-corrected chi connectivity index (χ1v) is 8.08. The Morgan fingerprint density at radius 2 is 1.90 bits per heavy atom. The average Bonchev–Trinajstić information content (AvgIpc) is 2.36. The van der Waals surface area contributed by atoms with Gasteiger partial charge in [-0.25, -0.2) is 22.7 Å². The lowest BCUT2D eigenvalue weighted by atomic mass is 9.91. The van der Waals surface area contributed by atoms with Gasteiger partial charge in [0.1, 0.15) is 0 Å². The lowest BCUT2D eigenvalue weighted by Crippen LogP contribution is -2.37. The molecule has 6 nitrogen and oxygen atoms in total. The van der Waals surface area contributed by atoms with Gasteiger partial charge in [0.05, 0.1) is 17.5 Å². The number of hydrogen-bond donors (Lipinski definition) is 1. The molecule has 1 aromatic heterocycles. The first-order valence-electron chi connectivity index (χ1n) is 6.24. The van der Waals surface area contributed by atoms with Gasteiger partial charge in [0, 0.05) is 25.2 Å². The van der Waals surface area contributed by atoms with Gasteiger partial charge in [-0.05, 0) is 12.8 Å². The van der Waals surface area contributed by atoms with Crippen LogP contribution >= 0.6 is 0 Å². The minimum Gasteiger partial charge on any atom is -0.368 e. The lowest BCUT2D eigenvalue weighted by Gasteiger charge is -2.30. The molecule has 1 fully saturated rings. The van der Waals surface area contributed by atoms with Crippen LogP contribution in [0.4, 0.5) is 19.1 Å². The molecular formula is C11H15F3N4O2S. The maximum atomic E-state index is 13.0. The van der Waals surface area contributed by atoms with Crippen LogP contribution in [0.2, 0.25) is 0 Å². The molecule has 0 saturated carbocycles. The largest absolute Gasteiger partial charge is 0.419 e. The highest BCUT2D eigenvalue weighted by atomic mass is 32.2. The number of nitrogens with zero attached hydrogens (tertiary/aromatic N) is 3. The molecule has 0 aliphatic carbocycles. The number of nitrogen functional groups attached to an aromatic ring is 1. The third-order valence-corrected chi connectivity index (χ3v) is 4.76. The third-order valence-electron chi connectivity index (χ3n) is 3.45. The number of sulfonamides is 1. The van der Waals surface area contributed by atoms with Gasteiger partial charge in [-0.1, -0.05) is 0 Å². The standard InChI is InChI=1S/C11H15F3N4O2S/c1-21(19,20)18-4-2-7(3-5-18)9-8(11(12,13)14)6-16-10(15)17-9/h6-7H,2-5H2,1H3,(H2,15,16,17). The minimum absolute atomic E-state index is 0.150. The van der Waals surface area contributed by atoms with E-state index in [1.807, 2.05) is 0 Å². The predicted octanol–water partition coefficient (Wildman–Crippen LogP) is 1.22. The molecule has 21 heavy (non-hydrogen) atoms. The number of rotatable bonds is 2. The van der Waals surface area contributed by atoms with Crippen LogP contribution in [-0.2, 0) is 16.2 Å². The van der Waals surface area contributed by atoms with E-state index in [-0.39, 0.29) is 37.6 Å². The molecule has 1 aliphatic heterocycles. The molecule has 0 unspecified atom stereocenters. The highest BCUT2D eigenvalue weighted by molar-refractivity contribution is 7.88. The number of anilines is 1. The molecule has 0 amide bonds. The Morgan fingerprint density at radius 3 is 2.38 bits per heavy atom. The number of halogens is 3. The Labute approximate surface area is 120 Å². The van der Waals surface area contributed by atoms with Crippen molar-refractivity contribution in [3.05, 3.63) is 17.5 Å². The summed E-state index contributed by atoms with van der Waals surface area (Å²) >= 11 is 0. The van der Waals surface area contributed by atoms with Crippen LogP contribution in [0.25, 0.3) is 0 Å². The Hall–Kier alpha value is -1.42. The number of hydrogen-bond acceptors (Lipinski definition) is 5. The molecule has 2 heterocycles. The van der Waals surface area contributed by atoms with Crippen LogP contribution in [0.5, 0.6) is 0 Å². The molecule has 2 rings (SSSR count). The van der Waals surface area contributed by atoms with E-state index in [9.17, 15) is 21.6 Å². The van der Waals surface area contributed by atoms with Crippen LogP contribution in [-0.4, -0.2) is 42.0 Å². The van der Waals surface area contributed by atoms with Gasteiger partial charge >= 0.3 is 6.18 Å². The summed E-state index contributed by atoms with van der Waals surface area (Å²) in [5, 5.41) is 0. The van der Waals surface area contributed by atoms with E-state index in [4.69, 9.17) is 5.73 Å². The zero-order valence-corrected chi connectivity index (χ0v) is 12.1. The molecule has 1 saturated heterocycles. The summed E-state index contributed by atoms with van der Waals surface area (Å²) in [4.78, 5) is 7.12. The minimum atomic E-state index is -4.56. The van der Waals surface area contributed by atoms with Crippen molar-refractivity contribution < 1.29 is 21.6 Å². The maximum Gasteiger partial charge on any atom is 0.419 e. The van der Waals surface area contributed by atoms with Crippen molar-refractivity contribution in [3.8, 4) is 0 Å². The van der Waals surface area contributed by atoms with Crippen LogP contribution in [0, 0.1) is 0 Å². The molecule has 1 aliphatic rings. The van der Waals surface area contributed by atoms with Crippen LogP contribution < -0.4 is 5.73 Å². The fraction of sp³-hybridized carbons (Fsp3) is 0.636. The number of nitrogens with two attached hydrogens (primary N) is 1. The molecule has 0 radical (unpaired) electrons. The molecule has 0 atom stereocenters. The first kappa shape index (κ1) is 16.0. The van der Waals surface area contributed by atoms with Gasteiger partial charge in [-0.2, -0.15) is 13.2 Å². The zero-order valence-electron chi connectivity index (χ0n) is 11.3. The van der Waals surface area contributed by atoms with E-state index in [1.165, 1.54) is 4.31 Å². The second-order valence-electron chi connectivity index (χ2n) is 4.96. The van der Waals surface area contributed by atoms with Crippen molar-refractivity contribution in [2.75, 3.05) is 25.1 Å². The zero-order chi connectivity index (χ0) is 15.8. The SMILES string of the molecule is CS(=O)(=O)N1CCC(c2nc(N)ncc2C(F)(F)F)CC1. The van der Waals surface area contributed by atoms with E-state index in [2.05, 4.69) is 9.97 Å². The quantitative estimate of drug-likeness (QED) is 0.883. The molecule has 2 N–H and O–H groups in total. The molecular weight excluding hydrogens is 309 g/mol. The lowest BCUT2D eigenvalue weighted by molar-refractivity contribution is -0.139. The van der Waals surface area contributed by atoms with Gasteiger partial charge in [0.2, 0.25) is 16.0 Å². The average molecular weight is 324 g/mol. The van der Waals surface area contributed by atoms with E-state index < -0.39 is 27.7 Å². The molecule has 118 valence electrons. The number of alkyl halides is 3. The van der Waals surface area contributed by atoms with E-state index in [1.54, 1.807) is 0 Å². The molecule has 1 aromatic rings. The number of aromatic nitrogens is 2. The Balaban J connectivity index is 2.26. The summed E-state index contributed by atoms with van der Waals surface area (Å²) in [6.07, 6.45) is -2.26. The first-order chi connectivity index (χ1) is 9.59. The molecule has 0 aromatic carbocycles. The maximum absolute atomic E-state index is 13.0. The van der Waals surface area contributed by atoms with Crippen LogP contribution in [0.15, 0.2) is 6.20 Å². The second kappa shape index (κ2) is 5.41. The molecule has 0 spiro atoms. The van der Waals surface area contributed by atoms with Gasteiger partial charge < -0.3 is 5.73 Å². The van der Waals surface area contributed by atoms with Gasteiger partial charge in [-0.3, -0.25) is 0 Å². The summed E-state index contributed by atoms with van der Waals surface area (Å²) in [5.74, 6) is -0.700. The van der Waals surface area contributed by atoms with E-state index in [0.717, 1.165) is 6.26 Å². The van der Waals surface area contributed by atoms with Crippen molar-refractivity contribution in [2.45, 2.75) is 24.9 Å². The van der Waals surface area contributed by atoms with Gasteiger partial charge in [0.15, 0.2) is 0 Å². The van der Waals surface area contributed by atoms with Gasteiger partial charge in [0.25, 0.3) is 0 Å². The van der Waals surface area contributed by atoms with Crippen molar-refractivity contribution in [1.82, 2.24) is 14.3 Å². The van der Waals surface area contributed by atoms with Crippen molar-refractivity contribution in [1.29, 1.82) is 0 Å².